The van der Waals surface area contributed by atoms with E-state index in [1.165, 1.54) is 18.3 Å². The number of carbonyl (C=O) groups excluding carboxylic acids is 2. The van der Waals surface area contributed by atoms with Crippen molar-refractivity contribution >= 4 is 35.0 Å². The van der Waals surface area contributed by atoms with Gasteiger partial charge in [0.05, 0.1) is 5.69 Å². The molecule has 3 aromatic rings. The fourth-order valence-corrected chi connectivity index (χ4v) is 3.32. The maximum atomic E-state index is 12.7. The molecular weight excluding hydrogens is 422 g/mol. The molecule has 0 saturated carbocycles. The van der Waals surface area contributed by atoms with Crippen molar-refractivity contribution in [3.63, 3.8) is 0 Å². The fraction of sp³-hybridized carbons (Fsp3) is 0.143. The van der Waals surface area contributed by atoms with E-state index in [0.29, 0.717) is 24.2 Å². The Balaban J connectivity index is 1.68. The maximum Gasteiger partial charge on any atom is 0.387 e. The van der Waals surface area contributed by atoms with Crippen LogP contribution < -0.4 is 26.4 Å². The third-order valence-electron chi connectivity index (χ3n) is 4.74. The summed E-state index contributed by atoms with van der Waals surface area (Å²) in [6.45, 7) is -2.53. The van der Waals surface area contributed by atoms with Crippen LogP contribution in [0.15, 0.2) is 48.7 Å². The number of nitrogens with zero attached hydrogens (tertiary/aromatic N) is 2. The molecule has 32 heavy (non-hydrogen) atoms. The lowest BCUT2D eigenvalue weighted by Crippen LogP contribution is -2.32. The number of nitrogens with two attached hydrogens (primary N) is 1. The van der Waals surface area contributed by atoms with E-state index in [0.717, 1.165) is 5.56 Å². The number of amides is 2. The number of alkyl halides is 2. The number of ether oxygens (including phenoxy) is 1. The Labute approximate surface area is 181 Å². The summed E-state index contributed by atoms with van der Waals surface area (Å²) in [4.78, 5) is 32.4. The molecule has 2 aromatic carbocycles. The lowest BCUT2D eigenvalue weighted by Gasteiger charge is -2.21. The van der Waals surface area contributed by atoms with E-state index in [-0.39, 0.29) is 34.7 Å². The van der Waals surface area contributed by atoms with Crippen LogP contribution in [0.25, 0.3) is 0 Å². The average Bonchev–Trinajstić information content (AvgIpc) is 2.75. The summed E-state index contributed by atoms with van der Waals surface area (Å²) in [7, 11) is 0. The third-order valence-corrected chi connectivity index (χ3v) is 4.74. The summed E-state index contributed by atoms with van der Waals surface area (Å²) in [6.07, 6.45) is 1.81. The Morgan fingerprint density at radius 1 is 1.12 bits per heavy atom. The van der Waals surface area contributed by atoms with E-state index in [1.54, 1.807) is 30.3 Å². The number of aromatic nitrogens is 2. The number of anilines is 4. The molecule has 9 nitrogen and oxygen atoms in total. The molecule has 0 radical (unpaired) electrons. The highest BCUT2D eigenvalue weighted by atomic mass is 19.3. The molecule has 0 fully saturated rings. The highest BCUT2D eigenvalue weighted by Crippen LogP contribution is 2.30. The average molecular weight is 440 g/mol. The van der Waals surface area contributed by atoms with Crippen LogP contribution in [0, 0.1) is 0 Å². The molecule has 1 aliphatic rings. The first kappa shape index (κ1) is 21.0. The lowest BCUT2D eigenvalue weighted by molar-refractivity contribution is -0.0493. The summed E-state index contributed by atoms with van der Waals surface area (Å²) in [5.74, 6) is -0.927. The topological polar surface area (TPSA) is 131 Å². The number of nitrogens with one attached hydrogen (secondary N) is 3. The molecule has 0 unspecified atom stereocenters. The first-order valence-corrected chi connectivity index (χ1v) is 9.57. The van der Waals surface area contributed by atoms with Crippen molar-refractivity contribution in [2.45, 2.75) is 13.0 Å². The van der Waals surface area contributed by atoms with Crippen LogP contribution in [-0.2, 0) is 6.42 Å². The zero-order chi connectivity index (χ0) is 22.7. The van der Waals surface area contributed by atoms with Gasteiger partial charge in [-0.15, -0.1) is 0 Å². The molecule has 0 atom stereocenters. The van der Waals surface area contributed by atoms with Crippen LogP contribution in [0.2, 0.25) is 0 Å². The van der Waals surface area contributed by atoms with Gasteiger partial charge >= 0.3 is 6.61 Å². The van der Waals surface area contributed by atoms with Gasteiger partial charge in [-0.25, -0.2) is 4.98 Å². The normalized spacial score (nSPS) is 12.7. The Morgan fingerprint density at radius 2 is 1.91 bits per heavy atom. The molecule has 2 heterocycles. The van der Waals surface area contributed by atoms with Gasteiger partial charge in [0, 0.05) is 24.0 Å². The van der Waals surface area contributed by atoms with Crippen LogP contribution >= 0.6 is 0 Å². The summed E-state index contributed by atoms with van der Waals surface area (Å²) in [5, 5.41) is 8.63. The van der Waals surface area contributed by atoms with Gasteiger partial charge in [0.2, 0.25) is 5.95 Å². The number of halogens is 2. The van der Waals surface area contributed by atoms with Crippen molar-refractivity contribution in [3.05, 3.63) is 65.4 Å². The standard InChI is InChI=1S/C21H18F2N6O3/c22-20(23)32-16-7-2-1-5-15(16)28-21-26-10-13(17(24)30)18(29-21)27-14-6-3-4-12-11(14)8-9-25-19(12)31/h1-7,10,20H,8-9H2,(H2,24,30)(H,25,31)(H2,26,27,28,29). The van der Waals surface area contributed by atoms with E-state index in [2.05, 4.69) is 30.7 Å². The Morgan fingerprint density at radius 3 is 2.69 bits per heavy atom. The second-order valence-corrected chi connectivity index (χ2v) is 6.78. The summed E-state index contributed by atoms with van der Waals surface area (Å²) < 4.78 is 29.9. The summed E-state index contributed by atoms with van der Waals surface area (Å²) >= 11 is 0. The van der Waals surface area contributed by atoms with Gasteiger partial charge in [-0.05, 0) is 36.2 Å². The molecule has 0 aliphatic carbocycles. The van der Waals surface area contributed by atoms with Crippen LogP contribution in [-0.4, -0.2) is 34.9 Å². The molecule has 164 valence electrons. The highest BCUT2D eigenvalue weighted by Gasteiger charge is 2.21. The number of primary amides is 1. The van der Waals surface area contributed by atoms with Crippen LogP contribution in [0.1, 0.15) is 26.3 Å². The van der Waals surface area contributed by atoms with E-state index < -0.39 is 12.5 Å². The minimum Gasteiger partial charge on any atom is -0.433 e. The lowest BCUT2D eigenvalue weighted by atomic mass is 9.98. The zero-order valence-corrected chi connectivity index (χ0v) is 16.6. The van der Waals surface area contributed by atoms with Crippen LogP contribution in [0.4, 0.5) is 31.9 Å². The first-order chi connectivity index (χ1) is 15.4. The number of hydrogen-bond acceptors (Lipinski definition) is 7. The van der Waals surface area contributed by atoms with Crippen LogP contribution in [0.5, 0.6) is 5.75 Å². The Bertz CT molecular complexity index is 1190. The maximum absolute atomic E-state index is 12.7. The van der Waals surface area contributed by atoms with Gasteiger partial charge in [-0.1, -0.05) is 18.2 Å². The first-order valence-electron chi connectivity index (χ1n) is 9.57. The van der Waals surface area contributed by atoms with Gasteiger partial charge in [0.1, 0.15) is 17.1 Å². The molecular formula is C21H18F2N6O3. The van der Waals surface area contributed by atoms with Crippen LogP contribution in [0.3, 0.4) is 0 Å². The number of para-hydroxylation sites is 2. The SMILES string of the molecule is NC(=O)c1cnc(Nc2ccccc2OC(F)F)nc1Nc1cccc2c1CCNC2=O. The van der Waals surface area contributed by atoms with Crippen molar-refractivity contribution in [1.82, 2.24) is 15.3 Å². The largest absolute Gasteiger partial charge is 0.433 e. The second kappa shape index (κ2) is 8.84. The number of carbonyl (C=O) groups is 2. The smallest absolute Gasteiger partial charge is 0.387 e. The minimum absolute atomic E-state index is 0.0189. The second-order valence-electron chi connectivity index (χ2n) is 6.78. The molecule has 0 bridgehead atoms. The summed E-state index contributed by atoms with van der Waals surface area (Å²) in [6, 6.07) is 11.2. The van der Waals surface area contributed by atoms with Crippen molar-refractivity contribution in [1.29, 1.82) is 0 Å². The molecule has 0 saturated heterocycles. The van der Waals surface area contributed by atoms with Crippen molar-refractivity contribution in [2.24, 2.45) is 5.73 Å². The van der Waals surface area contributed by atoms with Gasteiger partial charge in [-0.2, -0.15) is 13.8 Å². The van der Waals surface area contributed by atoms with E-state index in [4.69, 9.17) is 5.73 Å². The molecule has 4 rings (SSSR count). The van der Waals surface area contributed by atoms with E-state index in [1.807, 2.05) is 0 Å². The minimum atomic E-state index is -3.00. The predicted octanol–water partition coefficient (Wildman–Crippen LogP) is 2.95. The van der Waals surface area contributed by atoms with E-state index >= 15 is 0 Å². The molecule has 1 aliphatic heterocycles. The molecule has 0 spiro atoms. The third kappa shape index (κ3) is 4.41. The summed E-state index contributed by atoms with van der Waals surface area (Å²) in [5.41, 5.74) is 7.57. The monoisotopic (exact) mass is 440 g/mol. The van der Waals surface area contributed by atoms with E-state index in [9.17, 15) is 18.4 Å². The Kier molecular flexibility index (Phi) is 5.79. The molecule has 1 aromatic heterocycles. The quantitative estimate of drug-likeness (QED) is 0.444. The molecule has 2 amide bonds. The predicted molar refractivity (Wildman–Crippen MR) is 113 cm³/mol. The number of fused-ring (bicyclic) bond motifs is 1. The van der Waals surface area contributed by atoms with Gasteiger partial charge in [0.15, 0.2) is 0 Å². The molecule has 11 heteroatoms. The zero-order valence-electron chi connectivity index (χ0n) is 16.6. The van der Waals surface area contributed by atoms with Crippen molar-refractivity contribution in [2.75, 3.05) is 17.2 Å². The van der Waals surface area contributed by atoms with Gasteiger partial charge in [0.25, 0.3) is 11.8 Å². The van der Waals surface area contributed by atoms with Crippen molar-refractivity contribution < 1.29 is 23.1 Å². The van der Waals surface area contributed by atoms with Crippen molar-refractivity contribution in [3.8, 4) is 5.75 Å². The highest BCUT2D eigenvalue weighted by molar-refractivity contribution is 6.00. The number of rotatable bonds is 7. The number of benzene rings is 2. The number of hydrogen-bond donors (Lipinski definition) is 4. The van der Waals surface area contributed by atoms with Gasteiger partial charge < -0.3 is 26.4 Å². The Hall–Kier alpha value is -4.28. The van der Waals surface area contributed by atoms with Gasteiger partial charge in [-0.3, -0.25) is 9.59 Å². The molecule has 5 N–H and O–H groups in total. The fourth-order valence-electron chi connectivity index (χ4n) is 3.32.